The number of carbonyl (C=O) groups excluding carboxylic acids is 2. The Morgan fingerprint density at radius 2 is 1.91 bits per heavy atom. The fourth-order valence-corrected chi connectivity index (χ4v) is 5.16. The van der Waals surface area contributed by atoms with E-state index in [1.54, 1.807) is 9.47 Å². The molecular weight excluding hydrogens is 467 g/mol. The second-order valence-corrected chi connectivity index (χ2v) is 9.20. The van der Waals surface area contributed by atoms with Gasteiger partial charge < -0.3 is 24.3 Å². The molecule has 0 saturated carbocycles. The van der Waals surface area contributed by atoms with Gasteiger partial charge in [0.2, 0.25) is 0 Å². The highest BCUT2D eigenvalue weighted by Crippen LogP contribution is 2.41. The van der Waals surface area contributed by atoms with Gasteiger partial charge in [-0.25, -0.2) is 13.2 Å². The molecule has 4 heterocycles. The largest absolute Gasteiger partial charge is 0.376 e. The minimum absolute atomic E-state index is 0.0674. The van der Waals surface area contributed by atoms with Gasteiger partial charge in [-0.3, -0.25) is 14.4 Å². The summed E-state index contributed by atoms with van der Waals surface area (Å²) in [5, 5.41) is 2.32. The Labute approximate surface area is 198 Å². The van der Waals surface area contributed by atoms with Crippen LogP contribution in [0.1, 0.15) is 52.2 Å². The van der Waals surface area contributed by atoms with Gasteiger partial charge in [0.25, 0.3) is 11.8 Å². The molecule has 1 spiro atoms. The maximum Gasteiger partial charge on any atom is 0.270 e. The summed E-state index contributed by atoms with van der Waals surface area (Å²) in [6.45, 7) is 2.83. The lowest BCUT2D eigenvalue weighted by molar-refractivity contribution is -0.182. The van der Waals surface area contributed by atoms with Crippen molar-refractivity contribution in [2.24, 2.45) is 0 Å². The van der Waals surface area contributed by atoms with Crippen LogP contribution in [-0.4, -0.2) is 59.3 Å². The van der Waals surface area contributed by atoms with Gasteiger partial charge in [-0.05, 0) is 19.8 Å². The summed E-state index contributed by atoms with van der Waals surface area (Å²) in [4.78, 5) is 40.6. The third-order valence-corrected chi connectivity index (χ3v) is 7.13. The van der Waals surface area contributed by atoms with Crippen molar-refractivity contribution in [3.05, 3.63) is 68.9 Å². The number of nitrogens with zero attached hydrogens (tertiary/aromatic N) is 2. The molecule has 2 fully saturated rings. The number of fused-ring (bicyclic) bond motifs is 5. The molecule has 35 heavy (non-hydrogen) atoms. The topological polar surface area (TPSA) is 89.9 Å². The summed E-state index contributed by atoms with van der Waals surface area (Å²) in [6, 6.07) is 1.66. The zero-order chi connectivity index (χ0) is 24.9. The number of hydrogen-bond acceptors (Lipinski definition) is 5. The van der Waals surface area contributed by atoms with Crippen LogP contribution in [0.15, 0.2) is 29.2 Å². The summed E-state index contributed by atoms with van der Waals surface area (Å²) < 4.78 is 54.6. The number of benzene rings is 1. The van der Waals surface area contributed by atoms with Crippen molar-refractivity contribution in [3.63, 3.8) is 0 Å². The molecule has 8 nitrogen and oxygen atoms in total. The highest BCUT2D eigenvalue weighted by Gasteiger charge is 2.50. The number of amides is 2. The Morgan fingerprint density at radius 1 is 1.17 bits per heavy atom. The van der Waals surface area contributed by atoms with E-state index in [0.29, 0.717) is 51.3 Å². The molecule has 0 aliphatic carbocycles. The van der Waals surface area contributed by atoms with E-state index < -0.39 is 52.5 Å². The zero-order valence-electron chi connectivity index (χ0n) is 19.0. The number of halogens is 3. The molecule has 1 aromatic carbocycles. The fraction of sp³-hybridized carbons (Fsp3) is 0.458. The van der Waals surface area contributed by atoms with Crippen LogP contribution in [0.3, 0.4) is 0 Å². The van der Waals surface area contributed by atoms with Crippen LogP contribution in [0.4, 0.5) is 13.2 Å². The molecule has 3 unspecified atom stereocenters. The van der Waals surface area contributed by atoms with Crippen LogP contribution in [0.2, 0.25) is 0 Å². The number of carbonyl (C=O) groups is 2. The molecule has 3 aliphatic rings. The first-order valence-corrected chi connectivity index (χ1v) is 11.4. The maximum atomic E-state index is 14.0. The van der Waals surface area contributed by atoms with Crippen LogP contribution < -0.4 is 10.7 Å². The monoisotopic (exact) mass is 491 g/mol. The van der Waals surface area contributed by atoms with E-state index in [-0.39, 0.29) is 23.2 Å². The molecular formula is C24H24F3N3O5. The van der Waals surface area contributed by atoms with E-state index in [0.717, 1.165) is 6.07 Å². The number of pyridine rings is 1. The van der Waals surface area contributed by atoms with Crippen molar-refractivity contribution >= 4 is 11.8 Å². The second-order valence-electron chi connectivity index (χ2n) is 9.20. The Morgan fingerprint density at radius 3 is 2.60 bits per heavy atom. The molecule has 2 bridgehead atoms. The zero-order valence-corrected chi connectivity index (χ0v) is 19.0. The average molecular weight is 491 g/mol. The summed E-state index contributed by atoms with van der Waals surface area (Å²) in [5.41, 5.74) is -2.12. The van der Waals surface area contributed by atoms with Crippen molar-refractivity contribution in [1.29, 1.82) is 0 Å². The Hall–Kier alpha value is -3.18. The first-order chi connectivity index (χ1) is 16.7. The van der Waals surface area contributed by atoms with Gasteiger partial charge in [-0.1, -0.05) is 0 Å². The minimum Gasteiger partial charge on any atom is -0.376 e. The standard InChI is InChI=1S/C24H24F3N3O5/c1-13-2-3-24(12-34-4-5-35-24)21-11-29(13)23(33)19-8-20(31)16(10-30(19)21)22(32)28-9-15-17(26)6-14(25)7-18(15)27/h6-8,10,13,21H,2-5,9,11-12H2,1H3,(H,28,32). The molecule has 2 saturated heterocycles. The van der Waals surface area contributed by atoms with E-state index in [1.165, 1.54) is 6.20 Å². The van der Waals surface area contributed by atoms with Crippen LogP contribution in [0.5, 0.6) is 0 Å². The van der Waals surface area contributed by atoms with Gasteiger partial charge in [-0.15, -0.1) is 0 Å². The van der Waals surface area contributed by atoms with E-state index >= 15 is 0 Å². The molecule has 11 heteroatoms. The predicted octanol–water partition coefficient (Wildman–Crippen LogP) is 2.16. The number of nitrogens with one attached hydrogen (secondary N) is 1. The molecule has 3 aliphatic heterocycles. The number of ether oxygens (including phenoxy) is 2. The van der Waals surface area contributed by atoms with E-state index in [4.69, 9.17) is 9.47 Å². The molecule has 1 aromatic heterocycles. The number of hydrogen-bond donors (Lipinski definition) is 1. The van der Waals surface area contributed by atoms with Gasteiger partial charge in [0.1, 0.15) is 34.3 Å². The number of rotatable bonds is 3. The SMILES string of the molecule is CC1CCC2(COCCO2)C2CN1C(=O)c1cc(=O)c(C(=O)NCc3c(F)cc(F)cc3F)cn12. The normalized spacial score (nSPS) is 25.8. The van der Waals surface area contributed by atoms with Crippen LogP contribution in [-0.2, 0) is 16.0 Å². The van der Waals surface area contributed by atoms with Crippen molar-refractivity contribution in [3.8, 4) is 0 Å². The third kappa shape index (κ3) is 4.02. The lowest BCUT2D eigenvalue weighted by Gasteiger charge is -2.46. The molecule has 3 atom stereocenters. The molecule has 186 valence electrons. The van der Waals surface area contributed by atoms with Crippen molar-refractivity contribution in [2.75, 3.05) is 26.4 Å². The van der Waals surface area contributed by atoms with Gasteiger partial charge in [-0.2, -0.15) is 0 Å². The predicted molar refractivity (Wildman–Crippen MR) is 116 cm³/mol. The molecule has 2 amide bonds. The van der Waals surface area contributed by atoms with Crippen LogP contribution in [0, 0.1) is 17.5 Å². The number of aromatic nitrogens is 1. The lowest BCUT2D eigenvalue weighted by Crippen LogP contribution is -2.56. The van der Waals surface area contributed by atoms with Gasteiger partial charge in [0.05, 0.1) is 25.9 Å². The summed E-state index contributed by atoms with van der Waals surface area (Å²) in [6.07, 6.45) is 2.62. The summed E-state index contributed by atoms with van der Waals surface area (Å²) >= 11 is 0. The Balaban J connectivity index is 1.50. The van der Waals surface area contributed by atoms with Crippen molar-refractivity contribution in [2.45, 2.75) is 44.0 Å². The van der Waals surface area contributed by atoms with E-state index in [2.05, 4.69) is 5.32 Å². The Kier molecular flexibility index (Phi) is 5.92. The first-order valence-electron chi connectivity index (χ1n) is 11.4. The van der Waals surface area contributed by atoms with Crippen molar-refractivity contribution in [1.82, 2.24) is 14.8 Å². The summed E-state index contributed by atoms with van der Waals surface area (Å²) in [7, 11) is 0. The minimum atomic E-state index is -1.15. The van der Waals surface area contributed by atoms with Crippen molar-refractivity contribution < 1.29 is 32.2 Å². The van der Waals surface area contributed by atoms with E-state index in [9.17, 15) is 27.6 Å². The highest BCUT2D eigenvalue weighted by atomic mass is 19.1. The lowest BCUT2D eigenvalue weighted by atomic mass is 9.88. The van der Waals surface area contributed by atoms with Gasteiger partial charge >= 0.3 is 0 Å². The van der Waals surface area contributed by atoms with E-state index in [1.807, 2.05) is 6.92 Å². The van der Waals surface area contributed by atoms with Gasteiger partial charge in [0, 0.05) is 49.1 Å². The second kappa shape index (κ2) is 8.80. The highest BCUT2D eigenvalue weighted by molar-refractivity contribution is 5.97. The third-order valence-electron chi connectivity index (χ3n) is 7.13. The smallest absolute Gasteiger partial charge is 0.270 e. The molecule has 0 radical (unpaired) electrons. The molecule has 5 rings (SSSR count). The fourth-order valence-electron chi connectivity index (χ4n) is 5.16. The summed E-state index contributed by atoms with van der Waals surface area (Å²) in [5.74, 6) is -4.58. The van der Waals surface area contributed by atoms with Crippen LogP contribution in [0.25, 0.3) is 0 Å². The molecule has 2 aromatic rings. The Bertz CT molecular complexity index is 1230. The molecule has 1 N–H and O–H groups in total. The van der Waals surface area contributed by atoms with Gasteiger partial charge in [0.15, 0.2) is 5.43 Å². The first kappa shape index (κ1) is 23.6. The van der Waals surface area contributed by atoms with Crippen LogP contribution >= 0.6 is 0 Å². The maximum absolute atomic E-state index is 14.0. The quantitative estimate of drug-likeness (QED) is 0.711. The average Bonchev–Trinajstić information content (AvgIpc) is 2.93.